The second-order valence-electron chi connectivity index (χ2n) is 6.81. The molecular formula is C19H22F3N5O2. The van der Waals surface area contributed by atoms with Crippen LogP contribution in [0, 0.1) is 0 Å². The van der Waals surface area contributed by atoms with Crippen molar-refractivity contribution in [3.05, 3.63) is 53.9 Å². The van der Waals surface area contributed by atoms with Crippen molar-refractivity contribution in [3.63, 3.8) is 0 Å². The number of carbonyl (C=O) groups excluding carboxylic acids is 1. The molecule has 0 saturated carbocycles. The minimum absolute atomic E-state index is 0.0819. The lowest BCUT2D eigenvalue weighted by molar-refractivity contribution is -0.137. The number of nitrogens with one attached hydrogen (secondary N) is 2. The van der Waals surface area contributed by atoms with Gasteiger partial charge in [0.25, 0.3) is 5.91 Å². The van der Waals surface area contributed by atoms with Crippen LogP contribution in [0.4, 0.5) is 19.1 Å². The van der Waals surface area contributed by atoms with Crippen LogP contribution in [0.2, 0.25) is 0 Å². The Labute approximate surface area is 166 Å². The van der Waals surface area contributed by atoms with Crippen molar-refractivity contribution in [3.8, 4) is 0 Å². The quantitative estimate of drug-likeness (QED) is 0.674. The number of piperidine rings is 1. The van der Waals surface area contributed by atoms with E-state index in [0.717, 1.165) is 12.1 Å². The number of halogens is 3. The van der Waals surface area contributed by atoms with E-state index < -0.39 is 29.8 Å². The van der Waals surface area contributed by atoms with Gasteiger partial charge >= 0.3 is 6.18 Å². The van der Waals surface area contributed by atoms with Crippen LogP contribution in [0.15, 0.2) is 42.7 Å². The zero-order valence-electron chi connectivity index (χ0n) is 15.6. The molecule has 1 aromatic heterocycles. The third-order valence-corrected chi connectivity index (χ3v) is 4.71. The van der Waals surface area contributed by atoms with Gasteiger partial charge in [-0.3, -0.25) is 9.69 Å². The van der Waals surface area contributed by atoms with Crippen LogP contribution < -0.4 is 10.6 Å². The summed E-state index contributed by atoms with van der Waals surface area (Å²) in [6.45, 7) is 2.24. The molecule has 0 bridgehead atoms. The number of nitrogens with zero attached hydrogens (tertiary/aromatic N) is 3. The van der Waals surface area contributed by atoms with Crippen LogP contribution in [0.5, 0.6) is 0 Å². The van der Waals surface area contributed by atoms with E-state index in [1.165, 1.54) is 12.1 Å². The molecule has 1 aliphatic rings. The van der Waals surface area contributed by atoms with Gasteiger partial charge in [0.05, 0.1) is 17.7 Å². The smallest absolute Gasteiger partial charge is 0.390 e. The molecule has 0 radical (unpaired) electrons. The number of anilines is 1. The Bertz CT molecular complexity index is 819. The van der Waals surface area contributed by atoms with E-state index in [4.69, 9.17) is 0 Å². The fraction of sp³-hybridized carbons (Fsp3) is 0.421. The summed E-state index contributed by atoms with van der Waals surface area (Å²) in [4.78, 5) is 22.5. The van der Waals surface area contributed by atoms with Crippen LogP contribution in [0.1, 0.15) is 22.3 Å². The van der Waals surface area contributed by atoms with Crippen molar-refractivity contribution in [2.45, 2.75) is 24.7 Å². The summed E-state index contributed by atoms with van der Waals surface area (Å²) in [6, 6.07) is 5.45. The fourth-order valence-electron chi connectivity index (χ4n) is 3.17. The van der Waals surface area contributed by atoms with Gasteiger partial charge in [-0.05, 0) is 30.7 Å². The van der Waals surface area contributed by atoms with Gasteiger partial charge in [0.2, 0.25) is 5.95 Å². The number of hydrogen-bond donors (Lipinski definition) is 3. The molecule has 10 heteroatoms. The predicted molar refractivity (Wildman–Crippen MR) is 100 cm³/mol. The maximum absolute atomic E-state index is 12.8. The van der Waals surface area contributed by atoms with Crippen molar-refractivity contribution in [1.29, 1.82) is 0 Å². The molecule has 0 spiro atoms. The first-order chi connectivity index (χ1) is 13.8. The highest BCUT2D eigenvalue weighted by molar-refractivity contribution is 5.94. The number of alkyl halides is 3. The molecule has 1 amide bonds. The molecule has 3 N–H and O–H groups in total. The number of aliphatic hydroxyl groups is 1. The SMILES string of the molecule is O=C(N[C@@H]1CCN(CCNc2ncccn2)C[C@H]1O)c1cccc(C(F)(F)F)c1. The molecule has 0 unspecified atom stereocenters. The summed E-state index contributed by atoms with van der Waals surface area (Å²) in [5.74, 6) is -0.104. The molecular weight excluding hydrogens is 387 g/mol. The van der Waals surface area contributed by atoms with Crippen molar-refractivity contribution < 1.29 is 23.1 Å². The van der Waals surface area contributed by atoms with Crippen molar-refractivity contribution in [2.75, 3.05) is 31.5 Å². The molecule has 156 valence electrons. The summed E-state index contributed by atoms with van der Waals surface area (Å²) >= 11 is 0. The third kappa shape index (κ3) is 5.88. The minimum atomic E-state index is -4.51. The number of aliphatic hydroxyl groups excluding tert-OH is 1. The third-order valence-electron chi connectivity index (χ3n) is 4.71. The number of β-amino-alcohol motifs (C(OH)–C–C–N with tert-alkyl or cyclic N) is 1. The molecule has 2 atom stereocenters. The van der Waals surface area contributed by atoms with Gasteiger partial charge in [-0.2, -0.15) is 13.2 Å². The van der Waals surface area contributed by atoms with E-state index in [2.05, 4.69) is 20.6 Å². The number of aromatic nitrogens is 2. The highest BCUT2D eigenvalue weighted by Gasteiger charge is 2.32. The van der Waals surface area contributed by atoms with Gasteiger partial charge in [-0.25, -0.2) is 9.97 Å². The first-order valence-electron chi connectivity index (χ1n) is 9.22. The van der Waals surface area contributed by atoms with Gasteiger partial charge in [-0.15, -0.1) is 0 Å². The highest BCUT2D eigenvalue weighted by Crippen LogP contribution is 2.29. The average Bonchev–Trinajstić information content (AvgIpc) is 2.70. The predicted octanol–water partition coefficient (Wildman–Crippen LogP) is 1.77. The minimum Gasteiger partial charge on any atom is -0.390 e. The largest absolute Gasteiger partial charge is 0.416 e. The number of benzene rings is 1. The summed E-state index contributed by atoms with van der Waals surface area (Å²) in [5, 5.41) is 16.1. The second kappa shape index (κ2) is 9.19. The maximum atomic E-state index is 12.8. The van der Waals surface area contributed by atoms with E-state index in [-0.39, 0.29) is 5.56 Å². The number of rotatable bonds is 6. The first-order valence-corrected chi connectivity index (χ1v) is 9.22. The zero-order chi connectivity index (χ0) is 20.9. The summed E-state index contributed by atoms with van der Waals surface area (Å²) in [6.07, 6.45) is -1.56. The topological polar surface area (TPSA) is 90.4 Å². The molecule has 7 nitrogen and oxygen atoms in total. The van der Waals surface area contributed by atoms with Gasteiger partial charge in [0.1, 0.15) is 0 Å². The van der Waals surface area contributed by atoms with E-state index in [9.17, 15) is 23.1 Å². The number of amides is 1. The Morgan fingerprint density at radius 3 is 2.69 bits per heavy atom. The second-order valence-corrected chi connectivity index (χ2v) is 6.81. The standard InChI is InChI=1S/C19H22F3N5O2/c20-19(21,22)14-4-1-3-13(11-14)17(29)26-15-5-9-27(12-16(15)28)10-8-25-18-23-6-2-7-24-18/h1-4,6-7,11,15-16,28H,5,8-10,12H2,(H,26,29)(H,23,24,25)/t15-,16-/m1/s1. The number of carbonyl (C=O) groups is 1. The molecule has 2 heterocycles. The van der Waals surface area contributed by atoms with Crippen LogP contribution >= 0.6 is 0 Å². The van der Waals surface area contributed by atoms with Gasteiger partial charge in [0, 0.05) is 44.1 Å². The monoisotopic (exact) mass is 409 g/mol. The van der Waals surface area contributed by atoms with Crippen molar-refractivity contribution >= 4 is 11.9 Å². The summed E-state index contributed by atoms with van der Waals surface area (Å²) in [7, 11) is 0. The van der Waals surface area contributed by atoms with Gasteiger partial charge in [0.15, 0.2) is 0 Å². The normalized spacial score (nSPS) is 20.3. The number of likely N-dealkylation sites (tertiary alicyclic amines) is 1. The number of hydrogen-bond acceptors (Lipinski definition) is 6. The van der Waals surface area contributed by atoms with Crippen LogP contribution in [-0.2, 0) is 6.18 Å². The first kappa shape index (κ1) is 21.0. The summed E-state index contributed by atoms with van der Waals surface area (Å²) in [5.41, 5.74) is -0.961. The molecule has 1 aromatic carbocycles. The zero-order valence-corrected chi connectivity index (χ0v) is 15.6. The maximum Gasteiger partial charge on any atom is 0.416 e. The Morgan fingerprint density at radius 2 is 2.00 bits per heavy atom. The Morgan fingerprint density at radius 1 is 1.24 bits per heavy atom. The Kier molecular flexibility index (Phi) is 6.65. The molecule has 3 rings (SSSR count). The fourth-order valence-corrected chi connectivity index (χ4v) is 3.17. The molecule has 1 fully saturated rings. The highest BCUT2D eigenvalue weighted by atomic mass is 19.4. The van der Waals surface area contributed by atoms with Crippen LogP contribution in [-0.4, -0.2) is 64.2 Å². The van der Waals surface area contributed by atoms with Gasteiger partial charge < -0.3 is 15.7 Å². The molecule has 1 saturated heterocycles. The Hall–Kier alpha value is -2.72. The summed E-state index contributed by atoms with van der Waals surface area (Å²) < 4.78 is 38.4. The average molecular weight is 409 g/mol. The van der Waals surface area contributed by atoms with Gasteiger partial charge in [-0.1, -0.05) is 6.07 Å². The van der Waals surface area contributed by atoms with E-state index >= 15 is 0 Å². The van der Waals surface area contributed by atoms with Crippen LogP contribution in [0.25, 0.3) is 0 Å². The van der Waals surface area contributed by atoms with E-state index in [1.807, 2.05) is 4.90 Å². The lowest BCUT2D eigenvalue weighted by Gasteiger charge is -2.36. The molecule has 1 aliphatic heterocycles. The van der Waals surface area contributed by atoms with Crippen LogP contribution in [0.3, 0.4) is 0 Å². The lowest BCUT2D eigenvalue weighted by Crippen LogP contribution is -2.54. The van der Waals surface area contributed by atoms with Crippen molar-refractivity contribution in [2.24, 2.45) is 0 Å². The molecule has 2 aromatic rings. The Balaban J connectivity index is 1.48. The van der Waals surface area contributed by atoms with Crippen molar-refractivity contribution in [1.82, 2.24) is 20.2 Å². The lowest BCUT2D eigenvalue weighted by atomic mass is 10.0. The molecule has 29 heavy (non-hydrogen) atoms. The van der Waals surface area contributed by atoms with E-state index in [1.54, 1.807) is 18.5 Å². The van der Waals surface area contributed by atoms with E-state index in [0.29, 0.717) is 38.5 Å². The molecule has 0 aliphatic carbocycles.